The summed E-state index contributed by atoms with van der Waals surface area (Å²) in [6.07, 6.45) is 8.93. The van der Waals surface area contributed by atoms with Gasteiger partial charge in [0.1, 0.15) is 5.75 Å². The summed E-state index contributed by atoms with van der Waals surface area (Å²) >= 11 is 0. The average molecular weight is 312 g/mol. The van der Waals surface area contributed by atoms with Crippen LogP contribution in [-0.4, -0.2) is 22.6 Å². The molecule has 3 rings (SSSR count). The summed E-state index contributed by atoms with van der Waals surface area (Å²) in [4.78, 5) is 2.66. The van der Waals surface area contributed by atoms with Crippen LogP contribution in [0.25, 0.3) is 0 Å². The predicted molar refractivity (Wildman–Crippen MR) is 94.5 cm³/mol. The fourth-order valence-corrected chi connectivity index (χ4v) is 3.63. The Morgan fingerprint density at radius 3 is 2.61 bits per heavy atom. The highest BCUT2D eigenvalue weighted by molar-refractivity contribution is 5.28. The summed E-state index contributed by atoms with van der Waals surface area (Å²) in [7, 11) is 3.88. The van der Waals surface area contributed by atoms with E-state index >= 15 is 0 Å². The molecule has 0 unspecified atom stereocenters. The molecule has 0 N–H and O–H groups in total. The number of aromatic nitrogens is 1. The Morgan fingerprint density at radius 2 is 1.91 bits per heavy atom. The lowest BCUT2D eigenvalue weighted by Crippen LogP contribution is -2.36. The van der Waals surface area contributed by atoms with E-state index in [2.05, 4.69) is 53.0 Å². The molecule has 1 saturated carbocycles. The zero-order valence-corrected chi connectivity index (χ0v) is 14.4. The lowest BCUT2D eigenvalue weighted by molar-refractivity contribution is 0.137. The summed E-state index contributed by atoms with van der Waals surface area (Å²) in [5.74, 6) is 0.949. The van der Waals surface area contributed by atoms with Gasteiger partial charge in [-0.2, -0.15) is 0 Å². The van der Waals surface area contributed by atoms with E-state index in [-0.39, 0.29) is 0 Å². The Labute approximate surface area is 139 Å². The molecule has 1 heterocycles. The normalized spacial score (nSPS) is 16.0. The average Bonchev–Trinajstić information content (AvgIpc) is 3.00. The molecule has 0 bridgehead atoms. The van der Waals surface area contributed by atoms with Crippen molar-refractivity contribution in [1.29, 1.82) is 0 Å². The number of rotatable bonds is 6. The van der Waals surface area contributed by atoms with Gasteiger partial charge in [-0.1, -0.05) is 31.4 Å². The number of ether oxygens (including phenoxy) is 1. The number of nitrogens with zero attached hydrogens (tertiary/aromatic N) is 2. The van der Waals surface area contributed by atoms with Crippen molar-refractivity contribution in [2.75, 3.05) is 7.11 Å². The van der Waals surface area contributed by atoms with E-state index in [0.717, 1.165) is 18.8 Å². The van der Waals surface area contributed by atoms with Gasteiger partial charge in [-0.3, -0.25) is 4.90 Å². The van der Waals surface area contributed by atoms with Crippen molar-refractivity contribution in [1.82, 2.24) is 9.47 Å². The molecule has 23 heavy (non-hydrogen) atoms. The van der Waals surface area contributed by atoms with Crippen LogP contribution in [0.1, 0.15) is 43.4 Å². The maximum atomic E-state index is 5.38. The second-order valence-electron chi connectivity index (χ2n) is 6.66. The van der Waals surface area contributed by atoms with E-state index in [9.17, 15) is 0 Å². The fourth-order valence-electron chi connectivity index (χ4n) is 3.63. The van der Waals surface area contributed by atoms with Gasteiger partial charge in [0.25, 0.3) is 0 Å². The molecule has 3 heteroatoms. The first kappa shape index (κ1) is 16.1. The summed E-state index contributed by atoms with van der Waals surface area (Å²) < 4.78 is 7.62. The van der Waals surface area contributed by atoms with E-state index in [0.29, 0.717) is 6.04 Å². The maximum absolute atomic E-state index is 5.38. The summed E-state index contributed by atoms with van der Waals surface area (Å²) in [6, 6.07) is 13.6. The van der Waals surface area contributed by atoms with Gasteiger partial charge in [0.15, 0.2) is 0 Å². The molecule has 3 nitrogen and oxygen atoms in total. The Morgan fingerprint density at radius 1 is 1.09 bits per heavy atom. The van der Waals surface area contributed by atoms with Gasteiger partial charge < -0.3 is 9.30 Å². The second-order valence-corrected chi connectivity index (χ2v) is 6.66. The van der Waals surface area contributed by atoms with Crippen molar-refractivity contribution in [2.24, 2.45) is 7.05 Å². The molecule has 2 aromatic rings. The molecular formula is C20H28N2O. The van der Waals surface area contributed by atoms with Crippen molar-refractivity contribution < 1.29 is 4.74 Å². The maximum Gasteiger partial charge on any atom is 0.119 e. The topological polar surface area (TPSA) is 17.4 Å². The molecule has 0 saturated heterocycles. The second kappa shape index (κ2) is 7.69. The van der Waals surface area contributed by atoms with Crippen LogP contribution in [0.3, 0.4) is 0 Å². The van der Waals surface area contributed by atoms with Crippen molar-refractivity contribution in [2.45, 2.75) is 51.2 Å². The van der Waals surface area contributed by atoms with Gasteiger partial charge in [0, 0.05) is 38.1 Å². The van der Waals surface area contributed by atoms with Crippen LogP contribution in [0.2, 0.25) is 0 Å². The number of benzene rings is 1. The van der Waals surface area contributed by atoms with Gasteiger partial charge in [-0.15, -0.1) is 0 Å². The van der Waals surface area contributed by atoms with Crippen LogP contribution in [0, 0.1) is 0 Å². The third kappa shape index (κ3) is 4.17. The third-order valence-corrected chi connectivity index (χ3v) is 5.03. The van der Waals surface area contributed by atoms with E-state index in [1.165, 1.54) is 43.4 Å². The summed E-state index contributed by atoms with van der Waals surface area (Å²) in [5, 5.41) is 0. The van der Waals surface area contributed by atoms with Crippen LogP contribution in [-0.2, 0) is 20.1 Å². The van der Waals surface area contributed by atoms with Crippen molar-refractivity contribution in [3.8, 4) is 5.75 Å². The molecule has 0 aliphatic heterocycles. The number of aryl methyl sites for hydroxylation is 1. The zero-order chi connectivity index (χ0) is 16.1. The van der Waals surface area contributed by atoms with Crippen LogP contribution in [0.15, 0.2) is 42.6 Å². The lowest BCUT2D eigenvalue weighted by Gasteiger charge is -2.34. The predicted octanol–water partition coefficient (Wildman–Crippen LogP) is 4.37. The first-order valence-corrected chi connectivity index (χ1v) is 8.73. The zero-order valence-electron chi connectivity index (χ0n) is 14.4. The van der Waals surface area contributed by atoms with E-state index < -0.39 is 0 Å². The SMILES string of the molecule is COc1cccc(CN(Cc2cccn2C)C2CCCCC2)c1. The molecule has 124 valence electrons. The minimum atomic E-state index is 0.699. The van der Waals surface area contributed by atoms with Crippen LogP contribution >= 0.6 is 0 Å². The smallest absolute Gasteiger partial charge is 0.119 e. The highest BCUT2D eigenvalue weighted by atomic mass is 16.5. The van der Waals surface area contributed by atoms with Crippen LogP contribution in [0.5, 0.6) is 5.75 Å². The van der Waals surface area contributed by atoms with Gasteiger partial charge >= 0.3 is 0 Å². The largest absolute Gasteiger partial charge is 0.497 e. The number of methoxy groups -OCH3 is 1. The highest BCUT2D eigenvalue weighted by Gasteiger charge is 2.22. The molecule has 1 aliphatic carbocycles. The van der Waals surface area contributed by atoms with Crippen molar-refractivity contribution in [3.05, 3.63) is 53.9 Å². The van der Waals surface area contributed by atoms with Crippen LogP contribution < -0.4 is 4.74 Å². The Balaban J connectivity index is 1.77. The first-order chi connectivity index (χ1) is 11.3. The molecule has 1 aliphatic rings. The van der Waals surface area contributed by atoms with Gasteiger partial charge in [0.05, 0.1) is 7.11 Å². The quantitative estimate of drug-likeness (QED) is 0.788. The number of hydrogen-bond acceptors (Lipinski definition) is 2. The molecule has 0 spiro atoms. The number of hydrogen-bond donors (Lipinski definition) is 0. The summed E-state index contributed by atoms with van der Waals surface area (Å²) in [5.41, 5.74) is 2.72. The molecule has 0 atom stereocenters. The van der Waals surface area contributed by atoms with Crippen molar-refractivity contribution >= 4 is 0 Å². The Bertz CT molecular complexity index is 614. The van der Waals surface area contributed by atoms with Crippen molar-refractivity contribution in [3.63, 3.8) is 0 Å². The van der Waals surface area contributed by atoms with E-state index in [4.69, 9.17) is 4.74 Å². The Hall–Kier alpha value is -1.74. The molecule has 1 fully saturated rings. The molecule has 0 radical (unpaired) electrons. The van der Waals surface area contributed by atoms with Crippen LogP contribution in [0.4, 0.5) is 0 Å². The minimum Gasteiger partial charge on any atom is -0.497 e. The standard InChI is InChI=1S/C20H28N2O/c1-21-13-7-11-19(21)16-22(18-9-4-3-5-10-18)15-17-8-6-12-20(14-17)23-2/h6-8,11-14,18H,3-5,9-10,15-16H2,1-2H3. The molecular weight excluding hydrogens is 284 g/mol. The lowest BCUT2D eigenvalue weighted by atomic mass is 9.93. The molecule has 1 aromatic heterocycles. The minimum absolute atomic E-state index is 0.699. The summed E-state index contributed by atoms with van der Waals surface area (Å²) in [6.45, 7) is 2.01. The first-order valence-electron chi connectivity index (χ1n) is 8.73. The highest BCUT2D eigenvalue weighted by Crippen LogP contribution is 2.26. The molecule has 1 aromatic carbocycles. The Kier molecular flexibility index (Phi) is 5.39. The van der Waals surface area contributed by atoms with E-state index in [1.54, 1.807) is 7.11 Å². The fraction of sp³-hybridized carbons (Fsp3) is 0.500. The third-order valence-electron chi connectivity index (χ3n) is 5.03. The van der Waals surface area contributed by atoms with Gasteiger partial charge in [-0.25, -0.2) is 0 Å². The monoisotopic (exact) mass is 312 g/mol. The van der Waals surface area contributed by atoms with Gasteiger partial charge in [-0.05, 0) is 42.7 Å². The molecule has 0 amide bonds. The van der Waals surface area contributed by atoms with E-state index in [1.807, 2.05) is 6.07 Å². The van der Waals surface area contributed by atoms with Gasteiger partial charge in [0.2, 0.25) is 0 Å².